The molecule has 1 aromatic heterocycles. The fourth-order valence-corrected chi connectivity index (χ4v) is 2.77. The highest BCUT2D eigenvalue weighted by Crippen LogP contribution is 2.20. The first-order valence-electron chi connectivity index (χ1n) is 9.63. The number of anilines is 2. The smallest absolute Gasteiger partial charge is 0.319 e. The molecule has 152 valence electrons. The minimum atomic E-state index is -0.268. The quantitative estimate of drug-likeness (QED) is 0.676. The largest absolute Gasteiger partial charge is 0.338 e. The Morgan fingerprint density at radius 2 is 1.79 bits per heavy atom. The van der Waals surface area contributed by atoms with Gasteiger partial charge >= 0.3 is 6.03 Å². The predicted octanol–water partition coefficient (Wildman–Crippen LogP) is 3.86. The first kappa shape index (κ1) is 21.5. The average molecular weight is 386 g/mol. The zero-order chi connectivity index (χ0) is 20.8. The molecule has 1 heterocycles. The van der Waals surface area contributed by atoms with Gasteiger partial charge in [-0.2, -0.15) is 5.10 Å². The summed E-state index contributed by atoms with van der Waals surface area (Å²) < 4.78 is 1.96. The number of nitrogens with zero attached hydrogens (tertiary/aromatic N) is 2. The van der Waals surface area contributed by atoms with Crippen molar-refractivity contribution in [2.75, 3.05) is 17.2 Å². The maximum Gasteiger partial charge on any atom is 0.319 e. The van der Waals surface area contributed by atoms with E-state index in [1.165, 1.54) is 0 Å². The second-order valence-electron chi connectivity index (χ2n) is 7.72. The number of urea groups is 1. The molecule has 1 unspecified atom stereocenters. The molecule has 1 atom stereocenters. The Labute approximate surface area is 166 Å². The van der Waals surface area contributed by atoms with Crippen molar-refractivity contribution < 1.29 is 9.59 Å². The van der Waals surface area contributed by atoms with E-state index in [9.17, 15) is 9.59 Å². The lowest BCUT2D eigenvalue weighted by molar-refractivity contribution is -0.118. The lowest BCUT2D eigenvalue weighted by atomic mass is 10.1. The third kappa shape index (κ3) is 6.11. The minimum Gasteiger partial charge on any atom is -0.338 e. The molecule has 2 aromatic rings. The maximum absolute atomic E-state index is 12.3. The standard InChI is InChI=1S/C21H31N5O2/c1-13(2)20(27)23-18-8-7-15(4)19(10-18)24-21(28)22-11-14(3)12-26-17(6)9-16(5)25-26/h7-10,13-14H,11-12H2,1-6H3,(H,23,27)(H2,22,24,28). The van der Waals surface area contributed by atoms with Crippen LogP contribution in [0.2, 0.25) is 0 Å². The van der Waals surface area contributed by atoms with Crippen LogP contribution in [0.3, 0.4) is 0 Å². The van der Waals surface area contributed by atoms with Crippen molar-refractivity contribution in [1.29, 1.82) is 0 Å². The Hall–Kier alpha value is -2.83. The van der Waals surface area contributed by atoms with Crippen molar-refractivity contribution in [2.45, 2.75) is 48.1 Å². The summed E-state index contributed by atoms with van der Waals surface area (Å²) in [5.41, 5.74) is 4.37. The van der Waals surface area contributed by atoms with Crippen LogP contribution in [0.15, 0.2) is 24.3 Å². The predicted molar refractivity (Wildman–Crippen MR) is 113 cm³/mol. The lowest BCUT2D eigenvalue weighted by Crippen LogP contribution is -2.34. The number of carbonyl (C=O) groups is 2. The average Bonchev–Trinajstić information content (AvgIpc) is 2.93. The number of aromatic nitrogens is 2. The van der Waals surface area contributed by atoms with E-state index < -0.39 is 0 Å². The van der Waals surface area contributed by atoms with Crippen LogP contribution in [0.5, 0.6) is 0 Å². The fraction of sp³-hybridized carbons (Fsp3) is 0.476. The van der Waals surface area contributed by atoms with Crippen LogP contribution in [-0.2, 0) is 11.3 Å². The molecule has 0 radical (unpaired) electrons. The van der Waals surface area contributed by atoms with Gasteiger partial charge in [0, 0.05) is 36.1 Å². The molecule has 7 nitrogen and oxygen atoms in total. The van der Waals surface area contributed by atoms with E-state index in [0.29, 0.717) is 17.9 Å². The Balaban J connectivity index is 1.89. The summed E-state index contributed by atoms with van der Waals surface area (Å²) in [6.07, 6.45) is 0. The summed E-state index contributed by atoms with van der Waals surface area (Å²) in [6, 6.07) is 7.25. The van der Waals surface area contributed by atoms with Gasteiger partial charge in [-0.15, -0.1) is 0 Å². The molecule has 3 N–H and O–H groups in total. The van der Waals surface area contributed by atoms with Gasteiger partial charge in [0.2, 0.25) is 5.91 Å². The van der Waals surface area contributed by atoms with Crippen molar-refractivity contribution in [3.63, 3.8) is 0 Å². The van der Waals surface area contributed by atoms with Gasteiger partial charge in [0.1, 0.15) is 0 Å². The Morgan fingerprint density at radius 1 is 1.07 bits per heavy atom. The third-order valence-electron chi connectivity index (χ3n) is 4.48. The zero-order valence-electron chi connectivity index (χ0n) is 17.6. The van der Waals surface area contributed by atoms with E-state index in [4.69, 9.17) is 0 Å². The molecule has 0 spiro atoms. The summed E-state index contributed by atoms with van der Waals surface area (Å²) in [7, 11) is 0. The highest BCUT2D eigenvalue weighted by atomic mass is 16.2. The van der Waals surface area contributed by atoms with E-state index in [-0.39, 0.29) is 23.8 Å². The first-order valence-corrected chi connectivity index (χ1v) is 9.63. The van der Waals surface area contributed by atoms with Crippen LogP contribution >= 0.6 is 0 Å². The molecular formula is C21H31N5O2. The zero-order valence-corrected chi connectivity index (χ0v) is 17.6. The van der Waals surface area contributed by atoms with Gasteiger partial charge in [0.25, 0.3) is 0 Å². The monoisotopic (exact) mass is 385 g/mol. The van der Waals surface area contributed by atoms with Gasteiger partial charge in [-0.1, -0.05) is 26.8 Å². The number of carbonyl (C=O) groups excluding carboxylic acids is 2. The number of hydrogen-bond donors (Lipinski definition) is 3. The fourth-order valence-electron chi connectivity index (χ4n) is 2.77. The molecule has 0 saturated carbocycles. The van der Waals surface area contributed by atoms with E-state index in [1.54, 1.807) is 6.07 Å². The summed E-state index contributed by atoms with van der Waals surface area (Å²) in [6.45, 7) is 12.9. The molecule has 2 rings (SSSR count). The van der Waals surface area contributed by atoms with Crippen molar-refractivity contribution in [1.82, 2.24) is 15.1 Å². The molecule has 7 heteroatoms. The molecule has 28 heavy (non-hydrogen) atoms. The van der Waals surface area contributed by atoms with Gasteiger partial charge < -0.3 is 16.0 Å². The van der Waals surface area contributed by atoms with Crippen LogP contribution in [0.1, 0.15) is 37.7 Å². The topological polar surface area (TPSA) is 88.0 Å². The highest BCUT2D eigenvalue weighted by molar-refractivity contribution is 5.94. The second-order valence-corrected chi connectivity index (χ2v) is 7.72. The molecule has 1 aromatic carbocycles. The van der Waals surface area contributed by atoms with Gasteiger partial charge in [0.15, 0.2) is 0 Å². The molecular weight excluding hydrogens is 354 g/mol. The van der Waals surface area contributed by atoms with E-state index >= 15 is 0 Å². The Bertz CT molecular complexity index is 841. The van der Waals surface area contributed by atoms with Gasteiger partial charge in [-0.05, 0) is 50.5 Å². The third-order valence-corrected chi connectivity index (χ3v) is 4.48. The van der Waals surface area contributed by atoms with Crippen molar-refractivity contribution in [3.05, 3.63) is 41.2 Å². The van der Waals surface area contributed by atoms with E-state index in [0.717, 1.165) is 23.5 Å². The van der Waals surface area contributed by atoms with Gasteiger partial charge in [-0.25, -0.2) is 4.79 Å². The molecule has 0 aliphatic heterocycles. The normalized spacial score (nSPS) is 12.0. The molecule has 0 aliphatic rings. The second kappa shape index (κ2) is 9.39. The first-order chi connectivity index (χ1) is 13.2. The number of amides is 3. The van der Waals surface area contributed by atoms with Crippen LogP contribution < -0.4 is 16.0 Å². The van der Waals surface area contributed by atoms with Gasteiger partial charge in [0.05, 0.1) is 5.69 Å². The van der Waals surface area contributed by atoms with E-state index in [2.05, 4.69) is 28.0 Å². The van der Waals surface area contributed by atoms with Crippen molar-refractivity contribution in [2.24, 2.45) is 11.8 Å². The van der Waals surface area contributed by atoms with Crippen LogP contribution in [0, 0.1) is 32.6 Å². The molecule has 0 bridgehead atoms. The highest BCUT2D eigenvalue weighted by Gasteiger charge is 2.12. The number of benzene rings is 1. The Kier molecular flexibility index (Phi) is 7.20. The number of aryl methyl sites for hydroxylation is 3. The van der Waals surface area contributed by atoms with Crippen LogP contribution in [-0.4, -0.2) is 28.3 Å². The summed E-state index contributed by atoms with van der Waals surface area (Å²) >= 11 is 0. The summed E-state index contributed by atoms with van der Waals surface area (Å²) in [4.78, 5) is 24.2. The lowest BCUT2D eigenvalue weighted by Gasteiger charge is -2.16. The number of hydrogen-bond acceptors (Lipinski definition) is 3. The molecule has 0 aliphatic carbocycles. The van der Waals surface area contributed by atoms with Crippen molar-refractivity contribution >= 4 is 23.3 Å². The van der Waals surface area contributed by atoms with Crippen LogP contribution in [0.4, 0.5) is 16.2 Å². The van der Waals surface area contributed by atoms with Crippen LogP contribution in [0.25, 0.3) is 0 Å². The summed E-state index contributed by atoms with van der Waals surface area (Å²) in [5.74, 6) is 0.0726. The molecule has 0 fully saturated rings. The summed E-state index contributed by atoms with van der Waals surface area (Å²) in [5, 5.41) is 13.1. The molecule has 3 amide bonds. The van der Waals surface area contributed by atoms with E-state index in [1.807, 2.05) is 57.5 Å². The minimum absolute atomic E-state index is 0.0581. The van der Waals surface area contributed by atoms with Gasteiger partial charge in [-0.3, -0.25) is 9.48 Å². The maximum atomic E-state index is 12.3. The number of rotatable bonds is 7. The van der Waals surface area contributed by atoms with Crippen molar-refractivity contribution in [3.8, 4) is 0 Å². The number of nitrogens with one attached hydrogen (secondary N) is 3. The SMILES string of the molecule is Cc1cc(C)n(CC(C)CNC(=O)Nc2cc(NC(=O)C(C)C)ccc2C)n1. The molecule has 0 saturated heterocycles. The Morgan fingerprint density at radius 3 is 2.39 bits per heavy atom.